The molecule has 0 aliphatic rings. The molecule has 21 heavy (non-hydrogen) atoms. The number of halogens is 1. The fourth-order valence-corrected chi connectivity index (χ4v) is 3.69. The molecule has 2 aromatic carbocycles. The Morgan fingerprint density at radius 2 is 1.52 bits per heavy atom. The van der Waals surface area contributed by atoms with Crippen LogP contribution in [0.1, 0.15) is 24.1 Å². The van der Waals surface area contributed by atoms with Crippen LogP contribution in [0.3, 0.4) is 0 Å². The second-order valence-electron chi connectivity index (χ2n) is 6.60. The van der Waals surface area contributed by atoms with E-state index in [1.165, 1.54) is 16.3 Å². The molecule has 1 N–H and O–H groups in total. The molecule has 0 bridgehead atoms. The summed E-state index contributed by atoms with van der Waals surface area (Å²) in [5.41, 5.74) is 2.66. The molecule has 0 fully saturated rings. The molecule has 0 amide bonds. The minimum absolute atomic E-state index is 0.356. The third-order valence-electron chi connectivity index (χ3n) is 3.80. The smallest absolute Gasteiger partial charge is 0.0775 e. The van der Waals surface area contributed by atoms with E-state index in [-0.39, 0.29) is 0 Å². The van der Waals surface area contributed by atoms with E-state index in [0.29, 0.717) is 6.04 Å². The molecule has 0 aliphatic carbocycles. The van der Waals surface area contributed by atoms with E-state index in [4.69, 9.17) is 0 Å². The van der Waals surface area contributed by atoms with Crippen molar-refractivity contribution in [3.63, 3.8) is 0 Å². The molecule has 0 aliphatic heterocycles. The molecule has 3 heteroatoms. The lowest BCUT2D eigenvalue weighted by molar-refractivity contribution is 0.575. The molecular weight excluding hydrogens is 338 g/mol. The lowest BCUT2D eigenvalue weighted by Gasteiger charge is -2.18. The van der Waals surface area contributed by atoms with E-state index < -0.39 is 8.07 Å². The molecule has 1 atom stereocenters. The average Bonchev–Trinajstić information content (AvgIpc) is 2.45. The van der Waals surface area contributed by atoms with E-state index in [1.807, 2.05) is 0 Å². The van der Waals surface area contributed by atoms with Gasteiger partial charge in [0.2, 0.25) is 0 Å². The highest BCUT2D eigenvalue weighted by Gasteiger charge is 2.15. The lowest BCUT2D eigenvalue weighted by atomic mass is 10.1. The Kier molecular flexibility index (Phi) is 5.41. The SMILES string of the molecule is CC(NCc1ccc([Si](C)(C)C)cc1)c1ccc(Br)cc1. The molecule has 1 nitrogen and oxygen atoms in total. The van der Waals surface area contributed by atoms with Crippen molar-refractivity contribution < 1.29 is 0 Å². The summed E-state index contributed by atoms with van der Waals surface area (Å²) in [4.78, 5) is 0. The summed E-state index contributed by atoms with van der Waals surface area (Å²) in [6.45, 7) is 10.3. The molecular formula is C18H24BrNSi. The van der Waals surface area contributed by atoms with Crippen molar-refractivity contribution in [2.75, 3.05) is 0 Å². The van der Waals surface area contributed by atoms with Crippen LogP contribution in [0, 0.1) is 0 Å². The molecule has 1 unspecified atom stereocenters. The van der Waals surface area contributed by atoms with Crippen molar-refractivity contribution in [2.24, 2.45) is 0 Å². The summed E-state index contributed by atoms with van der Waals surface area (Å²) in [6.07, 6.45) is 0. The van der Waals surface area contributed by atoms with Gasteiger partial charge < -0.3 is 5.32 Å². The summed E-state index contributed by atoms with van der Waals surface area (Å²) >= 11 is 3.48. The fraction of sp³-hybridized carbons (Fsp3) is 0.333. The molecule has 0 saturated carbocycles. The normalized spacial score (nSPS) is 13.2. The summed E-state index contributed by atoms with van der Waals surface area (Å²) in [5, 5.41) is 5.11. The Morgan fingerprint density at radius 3 is 2.05 bits per heavy atom. The molecule has 0 saturated heterocycles. The Morgan fingerprint density at radius 1 is 0.952 bits per heavy atom. The highest BCUT2D eigenvalue weighted by Crippen LogP contribution is 2.17. The maximum atomic E-state index is 3.59. The van der Waals surface area contributed by atoms with Gasteiger partial charge in [-0.2, -0.15) is 0 Å². The maximum Gasteiger partial charge on any atom is 0.0775 e. The van der Waals surface area contributed by atoms with Crippen LogP contribution in [0.5, 0.6) is 0 Å². The van der Waals surface area contributed by atoms with Gasteiger partial charge in [0.05, 0.1) is 8.07 Å². The van der Waals surface area contributed by atoms with Gasteiger partial charge in [0.1, 0.15) is 0 Å². The second-order valence-corrected chi connectivity index (χ2v) is 12.6. The van der Waals surface area contributed by atoms with Crippen LogP contribution >= 0.6 is 15.9 Å². The summed E-state index contributed by atoms with van der Waals surface area (Å²) in [7, 11) is -1.18. The quantitative estimate of drug-likeness (QED) is 0.750. The lowest BCUT2D eigenvalue weighted by Crippen LogP contribution is -2.37. The summed E-state index contributed by atoms with van der Waals surface area (Å²) < 4.78 is 1.13. The predicted molar refractivity (Wildman–Crippen MR) is 98.8 cm³/mol. The van der Waals surface area contributed by atoms with Crippen LogP contribution < -0.4 is 10.5 Å². The van der Waals surface area contributed by atoms with Crippen LogP contribution in [-0.4, -0.2) is 8.07 Å². The zero-order chi connectivity index (χ0) is 15.5. The average molecular weight is 362 g/mol. The van der Waals surface area contributed by atoms with Gasteiger partial charge in [0.25, 0.3) is 0 Å². The van der Waals surface area contributed by atoms with Crippen molar-refractivity contribution in [1.82, 2.24) is 5.32 Å². The van der Waals surface area contributed by atoms with Crippen LogP contribution in [0.25, 0.3) is 0 Å². The highest BCUT2D eigenvalue weighted by molar-refractivity contribution is 9.10. The van der Waals surface area contributed by atoms with Gasteiger partial charge in [0.15, 0.2) is 0 Å². The predicted octanol–water partition coefficient (Wildman–Crippen LogP) is 4.85. The Balaban J connectivity index is 1.95. The standard InChI is InChI=1S/C18H24BrNSi/c1-14(16-7-9-17(19)10-8-16)20-13-15-5-11-18(12-6-15)21(2,3)4/h5-12,14,20H,13H2,1-4H3. The van der Waals surface area contributed by atoms with E-state index in [0.717, 1.165) is 11.0 Å². The van der Waals surface area contributed by atoms with Crippen LogP contribution in [0.15, 0.2) is 53.0 Å². The first kappa shape index (κ1) is 16.5. The first-order valence-corrected chi connectivity index (χ1v) is 11.7. The van der Waals surface area contributed by atoms with Gasteiger partial charge in [-0.15, -0.1) is 0 Å². The van der Waals surface area contributed by atoms with E-state index in [1.54, 1.807) is 0 Å². The highest BCUT2D eigenvalue weighted by atomic mass is 79.9. The topological polar surface area (TPSA) is 12.0 Å². The van der Waals surface area contributed by atoms with Gasteiger partial charge in [0, 0.05) is 17.1 Å². The van der Waals surface area contributed by atoms with Crippen molar-refractivity contribution in [1.29, 1.82) is 0 Å². The maximum absolute atomic E-state index is 3.59. The first-order chi connectivity index (χ1) is 9.86. The van der Waals surface area contributed by atoms with Gasteiger partial charge in [-0.1, -0.05) is 77.2 Å². The largest absolute Gasteiger partial charge is 0.306 e. The van der Waals surface area contributed by atoms with E-state index in [2.05, 4.69) is 96.3 Å². The molecule has 0 aromatic heterocycles. The number of hydrogen-bond donors (Lipinski definition) is 1. The number of hydrogen-bond acceptors (Lipinski definition) is 1. The minimum atomic E-state index is -1.18. The van der Waals surface area contributed by atoms with Crippen LogP contribution in [0.2, 0.25) is 19.6 Å². The monoisotopic (exact) mass is 361 g/mol. The van der Waals surface area contributed by atoms with Crippen molar-refractivity contribution in [3.05, 3.63) is 64.1 Å². The van der Waals surface area contributed by atoms with Gasteiger partial charge >= 0.3 is 0 Å². The molecule has 2 aromatic rings. The number of nitrogens with one attached hydrogen (secondary N) is 1. The number of rotatable bonds is 5. The van der Waals surface area contributed by atoms with Crippen LogP contribution in [0.4, 0.5) is 0 Å². The minimum Gasteiger partial charge on any atom is -0.306 e. The van der Waals surface area contributed by atoms with Gasteiger partial charge in [-0.3, -0.25) is 0 Å². The third-order valence-corrected chi connectivity index (χ3v) is 6.40. The second kappa shape index (κ2) is 6.90. The molecule has 2 rings (SSSR count). The van der Waals surface area contributed by atoms with Gasteiger partial charge in [-0.25, -0.2) is 0 Å². The molecule has 0 spiro atoms. The Labute approximate surface area is 137 Å². The van der Waals surface area contributed by atoms with Crippen molar-refractivity contribution in [3.8, 4) is 0 Å². The fourth-order valence-electron chi connectivity index (χ4n) is 2.26. The molecule has 0 heterocycles. The van der Waals surface area contributed by atoms with Crippen molar-refractivity contribution >= 4 is 29.2 Å². The van der Waals surface area contributed by atoms with Gasteiger partial charge in [-0.05, 0) is 30.2 Å². The molecule has 0 radical (unpaired) electrons. The molecule has 112 valence electrons. The van der Waals surface area contributed by atoms with E-state index >= 15 is 0 Å². The first-order valence-electron chi connectivity index (χ1n) is 7.44. The number of benzene rings is 2. The summed E-state index contributed by atoms with van der Waals surface area (Å²) in [5.74, 6) is 0. The van der Waals surface area contributed by atoms with Crippen molar-refractivity contribution in [2.45, 2.75) is 39.2 Å². The Hall–Kier alpha value is -0.903. The Bertz CT molecular complexity index is 570. The third kappa shape index (κ3) is 4.80. The van der Waals surface area contributed by atoms with Crippen LogP contribution in [-0.2, 0) is 6.54 Å². The zero-order valence-corrected chi connectivity index (χ0v) is 15.9. The summed E-state index contributed by atoms with van der Waals surface area (Å²) in [6, 6.07) is 18.0. The zero-order valence-electron chi connectivity index (χ0n) is 13.3. The van der Waals surface area contributed by atoms with E-state index in [9.17, 15) is 0 Å².